The van der Waals surface area contributed by atoms with Gasteiger partial charge >= 0.3 is 0 Å². The summed E-state index contributed by atoms with van der Waals surface area (Å²) in [5.41, 5.74) is 1.58. The van der Waals surface area contributed by atoms with Crippen LogP contribution in [0.25, 0.3) is 0 Å². The maximum absolute atomic E-state index is 13.4. The normalized spacial score (nSPS) is 21.5. The molecule has 0 spiro atoms. The average molecular weight is 424 g/mol. The summed E-state index contributed by atoms with van der Waals surface area (Å²) in [6.07, 6.45) is 2.88. The predicted octanol–water partition coefficient (Wildman–Crippen LogP) is 3.66. The molecule has 2 aromatic carbocycles. The highest BCUT2D eigenvalue weighted by molar-refractivity contribution is 6.08. The largest absolute Gasteiger partial charge is 0.493 e. The van der Waals surface area contributed by atoms with E-state index in [0.29, 0.717) is 42.3 Å². The Bertz CT molecular complexity index is 936. The molecule has 0 radical (unpaired) electrons. The molecule has 0 aromatic heterocycles. The van der Waals surface area contributed by atoms with E-state index >= 15 is 0 Å². The molecule has 0 N–H and O–H groups in total. The Kier molecular flexibility index (Phi) is 6.28. The summed E-state index contributed by atoms with van der Waals surface area (Å²) in [7, 11) is 3.11. The Morgan fingerprint density at radius 2 is 1.74 bits per heavy atom. The van der Waals surface area contributed by atoms with Gasteiger partial charge in [0.1, 0.15) is 0 Å². The topological polar surface area (TPSA) is 65.1 Å². The second kappa shape index (κ2) is 9.10. The van der Waals surface area contributed by atoms with Gasteiger partial charge in [-0.25, -0.2) is 0 Å². The van der Waals surface area contributed by atoms with Gasteiger partial charge in [0, 0.05) is 18.5 Å². The summed E-state index contributed by atoms with van der Waals surface area (Å²) in [5, 5.41) is 0. The summed E-state index contributed by atoms with van der Waals surface area (Å²) in [6.45, 7) is 3.30. The van der Waals surface area contributed by atoms with Crippen molar-refractivity contribution in [1.29, 1.82) is 0 Å². The first kappa shape index (κ1) is 21.4. The molecule has 1 atom stereocenters. The van der Waals surface area contributed by atoms with Crippen molar-refractivity contribution in [3.05, 3.63) is 59.2 Å². The molecule has 164 valence electrons. The lowest BCUT2D eigenvalue weighted by molar-refractivity contribution is -0.140. The summed E-state index contributed by atoms with van der Waals surface area (Å²) < 4.78 is 16.3. The lowest BCUT2D eigenvalue weighted by atomic mass is 9.82. The van der Waals surface area contributed by atoms with Crippen LogP contribution in [0.15, 0.2) is 42.5 Å². The van der Waals surface area contributed by atoms with Crippen LogP contribution in [0.4, 0.5) is 0 Å². The Morgan fingerprint density at radius 1 is 1.06 bits per heavy atom. The van der Waals surface area contributed by atoms with Gasteiger partial charge in [0.05, 0.1) is 14.2 Å². The first-order valence-electron chi connectivity index (χ1n) is 10.8. The molecule has 1 unspecified atom stereocenters. The van der Waals surface area contributed by atoms with E-state index in [2.05, 4.69) is 29.2 Å². The zero-order valence-corrected chi connectivity index (χ0v) is 18.1. The number of likely N-dealkylation sites (tertiary alicyclic amines) is 1. The number of nitrogens with zero attached hydrogens (tertiary/aromatic N) is 1. The summed E-state index contributed by atoms with van der Waals surface area (Å²) in [4.78, 5) is 27.2. The van der Waals surface area contributed by atoms with Crippen molar-refractivity contribution in [2.24, 2.45) is 5.92 Å². The highest BCUT2D eigenvalue weighted by Crippen LogP contribution is 2.43. The van der Waals surface area contributed by atoms with E-state index < -0.39 is 5.60 Å². The molecule has 31 heavy (non-hydrogen) atoms. The Balaban J connectivity index is 1.46. The van der Waals surface area contributed by atoms with Crippen LogP contribution in [0.5, 0.6) is 11.5 Å². The fourth-order valence-electron chi connectivity index (χ4n) is 4.97. The molecule has 4 rings (SSSR count). The number of benzene rings is 2. The number of hydrogen-bond donors (Lipinski definition) is 0. The molecule has 1 saturated heterocycles. The smallest absolute Gasteiger partial charge is 0.294 e. The van der Waals surface area contributed by atoms with Crippen LogP contribution in [-0.2, 0) is 22.5 Å². The lowest BCUT2D eigenvalue weighted by Gasteiger charge is -2.36. The maximum atomic E-state index is 13.4. The second-order valence-corrected chi connectivity index (χ2v) is 8.49. The van der Waals surface area contributed by atoms with E-state index in [1.807, 2.05) is 12.1 Å². The summed E-state index contributed by atoms with van der Waals surface area (Å²) in [6, 6.07) is 14.0. The lowest BCUT2D eigenvalue weighted by Crippen LogP contribution is -2.43. The zero-order valence-electron chi connectivity index (χ0n) is 18.1. The van der Waals surface area contributed by atoms with Crippen LogP contribution < -0.4 is 9.47 Å². The number of hydrogen-bond acceptors (Lipinski definition) is 6. The average Bonchev–Trinajstić information content (AvgIpc) is 3.05. The Hall–Kier alpha value is -2.86. The molecule has 0 bridgehead atoms. The standard InChI is InChI=1S/C25H29NO5/c1-29-22-12-20-15-25(31-17-27,24(28)21(20)13-23(22)30-2)14-18-8-10-26(11-9-18)16-19-6-4-3-5-7-19/h3-7,12-13,17-18H,8-11,14-16H2,1-2H3. The number of Topliss-reactive ketones (excluding diaryl/α,β-unsaturated/α-hetero) is 1. The molecular formula is C25H29NO5. The second-order valence-electron chi connectivity index (χ2n) is 8.49. The Labute approximate surface area is 183 Å². The van der Waals surface area contributed by atoms with E-state index in [-0.39, 0.29) is 5.78 Å². The fraction of sp³-hybridized carbons (Fsp3) is 0.440. The van der Waals surface area contributed by atoms with Crippen LogP contribution in [-0.4, -0.2) is 50.1 Å². The highest BCUT2D eigenvalue weighted by atomic mass is 16.5. The minimum absolute atomic E-state index is 0.137. The molecule has 2 aliphatic rings. The van der Waals surface area contributed by atoms with Crippen molar-refractivity contribution in [2.75, 3.05) is 27.3 Å². The van der Waals surface area contributed by atoms with Crippen molar-refractivity contribution in [1.82, 2.24) is 4.90 Å². The van der Waals surface area contributed by atoms with Gasteiger partial charge in [-0.1, -0.05) is 30.3 Å². The molecule has 2 aromatic rings. The van der Waals surface area contributed by atoms with E-state index in [1.165, 1.54) is 5.56 Å². The number of piperidine rings is 1. The van der Waals surface area contributed by atoms with Crippen molar-refractivity contribution >= 4 is 12.3 Å². The number of carbonyl (C=O) groups excluding carboxylic acids is 2. The van der Waals surface area contributed by atoms with Crippen molar-refractivity contribution in [3.8, 4) is 11.5 Å². The SMILES string of the molecule is COc1cc2c(cc1OC)C(=O)C(CC1CCN(Cc3ccccc3)CC1)(OC=O)C2. The molecule has 0 saturated carbocycles. The van der Waals surface area contributed by atoms with Gasteiger partial charge in [0.2, 0.25) is 5.78 Å². The number of methoxy groups -OCH3 is 2. The third-order valence-corrected chi connectivity index (χ3v) is 6.59. The molecule has 0 amide bonds. The van der Waals surface area contributed by atoms with Gasteiger partial charge in [-0.15, -0.1) is 0 Å². The quantitative estimate of drug-likeness (QED) is 0.604. The first-order valence-corrected chi connectivity index (χ1v) is 10.8. The molecule has 1 fully saturated rings. The number of ketones is 1. The third-order valence-electron chi connectivity index (χ3n) is 6.59. The van der Waals surface area contributed by atoms with Crippen LogP contribution in [0, 0.1) is 5.92 Å². The molecular weight excluding hydrogens is 394 g/mol. The van der Waals surface area contributed by atoms with Gasteiger partial charge in [-0.2, -0.15) is 0 Å². The number of carbonyl (C=O) groups is 2. The van der Waals surface area contributed by atoms with E-state index in [0.717, 1.165) is 38.0 Å². The van der Waals surface area contributed by atoms with Crippen molar-refractivity contribution < 1.29 is 23.8 Å². The Morgan fingerprint density at radius 3 is 2.39 bits per heavy atom. The molecule has 1 aliphatic heterocycles. The predicted molar refractivity (Wildman–Crippen MR) is 117 cm³/mol. The van der Waals surface area contributed by atoms with Crippen LogP contribution in [0.1, 0.15) is 40.7 Å². The number of fused-ring (bicyclic) bond motifs is 1. The first-order chi connectivity index (χ1) is 15.1. The maximum Gasteiger partial charge on any atom is 0.294 e. The number of rotatable bonds is 8. The monoisotopic (exact) mass is 423 g/mol. The van der Waals surface area contributed by atoms with E-state index in [4.69, 9.17) is 14.2 Å². The summed E-state index contributed by atoms with van der Waals surface area (Å²) >= 11 is 0. The van der Waals surface area contributed by atoms with Gasteiger partial charge in [0.15, 0.2) is 17.1 Å². The minimum atomic E-state index is -1.13. The van der Waals surface area contributed by atoms with E-state index in [9.17, 15) is 9.59 Å². The van der Waals surface area contributed by atoms with Crippen LogP contribution >= 0.6 is 0 Å². The van der Waals surface area contributed by atoms with Gasteiger partial charge in [-0.05, 0) is 61.5 Å². The van der Waals surface area contributed by atoms with Crippen LogP contribution in [0.2, 0.25) is 0 Å². The zero-order chi connectivity index (χ0) is 21.8. The fourth-order valence-corrected chi connectivity index (χ4v) is 4.97. The number of ether oxygens (including phenoxy) is 3. The van der Waals surface area contributed by atoms with Crippen molar-refractivity contribution in [3.63, 3.8) is 0 Å². The molecule has 1 aliphatic carbocycles. The minimum Gasteiger partial charge on any atom is -0.493 e. The van der Waals surface area contributed by atoms with Crippen molar-refractivity contribution in [2.45, 2.75) is 37.8 Å². The summed E-state index contributed by atoms with van der Waals surface area (Å²) in [5.74, 6) is 1.27. The third kappa shape index (κ3) is 4.30. The van der Waals surface area contributed by atoms with Crippen LogP contribution in [0.3, 0.4) is 0 Å². The molecule has 6 nitrogen and oxygen atoms in total. The highest BCUT2D eigenvalue weighted by Gasteiger charge is 2.49. The van der Waals surface area contributed by atoms with Gasteiger partial charge in [-0.3, -0.25) is 14.5 Å². The molecule has 6 heteroatoms. The molecule has 1 heterocycles. The van der Waals surface area contributed by atoms with Gasteiger partial charge in [0.25, 0.3) is 6.47 Å². The van der Waals surface area contributed by atoms with E-state index in [1.54, 1.807) is 20.3 Å². The van der Waals surface area contributed by atoms with Gasteiger partial charge < -0.3 is 14.2 Å².